The van der Waals surface area contributed by atoms with Crippen molar-refractivity contribution in [2.75, 3.05) is 0 Å². The van der Waals surface area contributed by atoms with Gasteiger partial charge in [0.1, 0.15) is 5.58 Å². The molecule has 0 fully saturated rings. The average molecular weight is 321 g/mol. The quantitative estimate of drug-likeness (QED) is 0.319. The topological polar surface area (TPSA) is 68.9 Å². The third kappa shape index (κ3) is 3.10. The van der Waals surface area contributed by atoms with E-state index < -0.39 is 11.6 Å². The lowest BCUT2D eigenvalue weighted by atomic mass is 10.1. The summed E-state index contributed by atoms with van der Waals surface area (Å²) >= 11 is 0. The molecule has 0 saturated carbocycles. The van der Waals surface area contributed by atoms with Gasteiger partial charge in [-0.2, -0.15) is 0 Å². The summed E-state index contributed by atoms with van der Waals surface area (Å²) in [5.74, 6) is -0.572. The summed E-state index contributed by atoms with van der Waals surface area (Å²) in [5, 5.41) is 4.56. The van der Waals surface area contributed by atoms with Crippen LogP contribution in [-0.4, -0.2) is 11.7 Å². The van der Waals surface area contributed by atoms with Crippen molar-refractivity contribution in [2.24, 2.45) is 5.16 Å². The molecule has 0 bridgehead atoms. The summed E-state index contributed by atoms with van der Waals surface area (Å²) in [6.07, 6.45) is 0. The molecule has 1 aromatic heterocycles. The van der Waals surface area contributed by atoms with E-state index in [1.807, 2.05) is 31.2 Å². The molecule has 5 heteroatoms. The molecule has 0 aliphatic rings. The molecule has 24 heavy (non-hydrogen) atoms. The zero-order valence-electron chi connectivity index (χ0n) is 13.3. The number of benzene rings is 2. The predicted molar refractivity (Wildman–Crippen MR) is 91.3 cm³/mol. The van der Waals surface area contributed by atoms with Crippen LogP contribution in [0.5, 0.6) is 0 Å². The van der Waals surface area contributed by atoms with Gasteiger partial charge in [0, 0.05) is 5.39 Å². The van der Waals surface area contributed by atoms with Crippen molar-refractivity contribution in [3.8, 4) is 0 Å². The molecule has 0 N–H and O–H groups in total. The minimum absolute atomic E-state index is 0.256. The fraction of sp³-hybridized carbons (Fsp3) is 0.105. The van der Waals surface area contributed by atoms with Crippen LogP contribution in [-0.2, 0) is 4.84 Å². The molecule has 1 heterocycles. The van der Waals surface area contributed by atoms with Crippen LogP contribution in [0.1, 0.15) is 28.4 Å². The maximum absolute atomic E-state index is 12.1. The number of fused-ring (bicyclic) bond motifs is 1. The zero-order valence-corrected chi connectivity index (χ0v) is 13.3. The Morgan fingerprint density at radius 1 is 1.04 bits per heavy atom. The van der Waals surface area contributed by atoms with Gasteiger partial charge in [-0.05, 0) is 37.6 Å². The van der Waals surface area contributed by atoms with E-state index in [4.69, 9.17) is 9.25 Å². The van der Waals surface area contributed by atoms with Crippen molar-refractivity contribution in [1.82, 2.24) is 0 Å². The molecule has 2 aromatic carbocycles. The minimum Gasteiger partial charge on any atom is -0.422 e. The van der Waals surface area contributed by atoms with Gasteiger partial charge in [0.15, 0.2) is 0 Å². The van der Waals surface area contributed by atoms with E-state index in [-0.39, 0.29) is 11.3 Å². The van der Waals surface area contributed by atoms with E-state index in [1.165, 1.54) is 0 Å². The molecule has 0 unspecified atom stereocenters. The highest BCUT2D eigenvalue weighted by atomic mass is 16.7. The predicted octanol–water partition coefficient (Wildman–Crippen LogP) is 3.68. The summed E-state index contributed by atoms with van der Waals surface area (Å²) in [7, 11) is 0. The van der Waals surface area contributed by atoms with Gasteiger partial charge in [-0.3, -0.25) is 0 Å². The van der Waals surface area contributed by atoms with Gasteiger partial charge in [0.25, 0.3) is 0 Å². The third-order valence-electron chi connectivity index (χ3n) is 3.66. The first-order valence-electron chi connectivity index (χ1n) is 7.41. The van der Waals surface area contributed by atoms with E-state index in [0.29, 0.717) is 11.1 Å². The lowest BCUT2D eigenvalue weighted by Gasteiger charge is -2.04. The first-order valence-corrected chi connectivity index (χ1v) is 7.41. The Kier molecular flexibility index (Phi) is 4.24. The number of nitrogens with zero attached hydrogens (tertiary/aromatic N) is 1. The van der Waals surface area contributed by atoms with Crippen LogP contribution in [0.15, 0.2) is 69.0 Å². The Morgan fingerprint density at radius 3 is 2.54 bits per heavy atom. The lowest BCUT2D eigenvalue weighted by Crippen LogP contribution is -2.13. The highest BCUT2D eigenvalue weighted by molar-refractivity contribution is 6.01. The third-order valence-corrected chi connectivity index (χ3v) is 3.66. The van der Waals surface area contributed by atoms with Gasteiger partial charge < -0.3 is 9.25 Å². The standard InChI is InChI=1S/C19H15NO4/c1-12-7-3-5-9-15(12)19(22)24-20-13(2)16-11-14-8-4-6-10-17(14)23-18(16)21/h3-11H,1-2H3/b20-13-. The number of hydrogen-bond donors (Lipinski definition) is 0. The highest BCUT2D eigenvalue weighted by Gasteiger charge is 2.12. The van der Waals surface area contributed by atoms with Crippen molar-refractivity contribution in [2.45, 2.75) is 13.8 Å². The minimum atomic E-state index is -0.572. The van der Waals surface area contributed by atoms with Gasteiger partial charge >= 0.3 is 11.6 Å². The van der Waals surface area contributed by atoms with Crippen molar-refractivity contribution in [1.29, 1.82) is 0 Å². The second kappa shape index (κ2) is 6.50. The number of oxime groups is 1. The largest absolute Gasteiger partial charge is 0.422 e. The number of para-hydroxylation sites is 1. The van der Waals surface area contributed by atoms with Crippen LogP contribution < -0.4 is 5.63 Å². The van der Waals surface area contributed by atoms with Crippen molar-refractivity contribution in [3.63, 3.8) is 0 Å². The molecule has 5 nitrogen and oxygen atoms in total. The fourth-order valence-electron chi connectivity index (χ4n) is 2.32. The van der Waals surface area contributed by atoms with Crippen LogP contribution in [0.2, 0.25) is 0 Å². The Balaban J connectivity index is 1.89. The van der Waals surface area contributed by atoms with Crippen molar-refractivity contribution in [3.05, 3.63) is 81.7 Å². The molecule has 0 aliphatic heterocycles. The monoisotopic (exact) mass is 321 g/mol. The van der Waals surface area contributed by atoms with E-state index in [2.05, 4.69) is 5.16 Å². The van der Waals surface area contributed by atoms with Crippen molar-refractivity contribution < 1.29 is 14.0 Å². The molecule has 120 valence electrons. The maximum atomic E-state index is 12.1. The zero-order chi connectivity index (χ0) is 17.1. The van der Waals surface area contributed by atoms with Gasteiger partial charge in [0.05, 0.1) is 16.8 Å². The van der Waals surface area contributed by atoms with Gasteiger partial charge in [-0.1, -0.05) is 41.6 Å². The molecule has 0 radical (unpaired) electrons. The Hall–Kier alpha value is -3.21. The van der Waals surface area contributed by atoms with E-state index in [1.54, 1.807) is 37.3 Å². The molecule has 0 atom stereocenters. The van der Waals surface area contributed by atoms with Gasteiger partial charge in [-0.25, -0.2) is 9.59 Å². The number of hydrogen-bond acceptors (Lipinski definition) is 5. The van der Waals surface area contributed by atoms with E-state index in [9.17, 15) is 9.59 Å². The van der Waals surface area contributed by atoms with E-state index >= 15 is 0 Å². The smallest absolute Gasteiger partial charge is 0.366 e. The number of rotatable bonds is 3. The van der Waals surface area contributed by atoms with Crippen LogP contribution in [0.25, 0.3) is 11.0 Å². The lowest BCUT2D eigenvalue weighted by molar-refractivity contribution is 0.0515. The second-order valence-electron chi connectivity index (χ2n) is 5.36. The number of aryl methyl sites for hydroxylation is 1. The average Bonchev–Trinajstić information content (AvgIpc) is 2.59. The first-order chi connectivity index (χ1) is 11.6. The summed E-state index contributed by atoms with van der Waals surface area (Å²) in [6, 6.07) is 15.9. The molecule has 3 rings (SSSR count). The molecule has 0 aliphatic carbocycles. The van der Waals surface area contributed by atoms with Crippen LogP contribution in [0, 0.1) is 6.92 Å². The Labute approximate surface area is 138 Å². The summed E-state index contributed by atoms with van der Waals surface area (Å²) in [5.41, 5.74) is 1.72. The molecular weight excluding hydrogens is 306 g/mol. The maximum Gasteiger partial charge on any atom is 0.366 e. The Bertz CT molecular complexity index is 1000. The summed E-state index contributed by atoms with van der Waals surface area (Å²) < 4.78 is 5.25. The summed E-state index contributed by atoms with van der Waals surface area (Å²) in [6.45, 7) is 3.40. The number of carbonyl (C=O) groups excluding carboxylic acids is 1. The number of carbonyl (C=O) groups is 1. The van der Waals surface area contributed by atoms with Crippen molar-refractivity contribution >= 4 is 22.7 Å². The van der Waals surface area contributed by atoms with Crippen LogP contribution in [0.4, 0.5) is 0 Å². The molecule has 0 spiro atoms. The highest BCUT2D eigenvalue weighted by Crippen LogP contribution is 2.14. The molecule has 3 aromatic rings. The first kappa shape index (κ1) is 15.7. The molecule has 0 amide bonds. The van der Waals surface area contributed by atoms with Gasteiger partial charge in [-0.15, -0.1) is 0 Å². The van der Waals surface area contributed by atoms with Crippen LogP contribution in [0.3, 0.4) is 0 Å². The SMILES string of the molecule is C/C(=N/OC(=O)c1ccccc1C)c1cc2ccccc2oc1=O. The Morgan fingerprint density at radius 2 is 1.75 bits per heavy atom. The molecule has 0 saturated heterocycles. The van der Waals surface area contributed by atoms with Gasteiger partial charge in [0.2, 0.25) is 0 Å². The van der Waals surface area contributed by atoms with E-state index in [0.717, 1.165) is 10.9 Å². The fourth-order valence-corrected chi connectivity index (χ4v) is 2.32. The normalized spacial score (nSPS) is 11.5. The molecular formula is C19H15NO4. The van der Waals surface area contributed by atoms with Crippen LogP contribution >= 0.6 is 0 Å². The second-order valence-corrected chi connectivity index (χ2v) is 5.36. The summed E-state index contributed by atoms with van der Waals surface area (Å²) in [4.78, 5) is 29.1.